The highest BCUT2D eigenvalue weighted by atomic mass is 32.1. The molecule has 150 valence electrons. The first-order valence-electron chi connectivity index (χ1n) is 9.41. The molecule has 1 heterocycles. The lowest BCUT2D eigenvalue weighted by Gasteiger charge is -2.10. The molecule has 1 aliphatic rings. The second-order valence-corrected chi connectivity index (χ2v) is 7.80. The molecule has 1 amide bonds. The Morgan fingerprint density at radius 2 is 1.75 bits per heavy atom. The molecule has 28 heavy (non-hydrogen) atoms. The summed E-state index contributed by atoms with van der Waals surface area (Å²) in [5, 5.41) is 2.69. The number of carbonyl (C=O) groups is 2. The van der Waals surface area contributed by atoms with Gasteiger partial charge in [-0.15, -0.1) is 11.3 Å². The quantitative estimate of drug-likeness (QED) is 0.731. The molecule has 0 atom stereocenters. The molecule has 0 bridgehead atoms. The van der Waals surface area contributed by atoms with Crippen molar-refractivity contribution in [3.63, 3.8) is 0 Å². The SMILES string of the molecule is COc1ccc(NC(=O)COC(=O)c2cc3c(s2)CCCCCC3)cc1OC. The van der Waals surface area contributed by atoms with Crippen molar-refractivity contribution < 1.29 is 23.8 Å². The van der Waals surface area contributed by atoms with E-state index in [2.05, 4.69) is 5.32 Å². The Kier molecular flexibility index (Phi) is 6.92. The molecular formula is C21H25NO5S. The van der Waals surface area contributed by atoms with Crippen molar-refractivity contribution in [3.8, 4) is 11.5 Å². The summed E-state index contributed by atoms with van der Waals surface area (Å²) in [6.07, 6.45) is 6.84. The van der Waals surface area contributed by atoms with Crippen LogP contribution in [0.25, 0.3) is 0 Å². The van der Waals surface area contributed by atoms with Gasteiger partial charge in [-0.2, -0.15) is 0 Å². The van der Waals surface area contributed by atoms with Gasteiger partial charge < -0.3 is 19.5 Å². The zero-order valence-corrected chi connectivity index (χ0v) is 17.0. The lowest BCUT2D eigenvalue weighted by molar-refractivity contribution is -0.119. The van der Waals surface area contributed by atoms with Crippen molar-refractivity contribution in [2.75, 3.05) is 26.1 Å². The number of aryl methyl sites for hydroxylation is 2. The number of fused-ring (bicyclic) bond motifs is 1. The molecule has 6 nitrogen and oxygen atoms in total. The molecule has 1 aromatic heterocycles. The van der Waals surface area contributed by atoms with Gasteiger partial charge in [-0.1, -0.05) is 12.8 Å². The number of hydrogen-bond acceptors (Lipinski definition) is 6. The van der Waals surface area contributed by atoms with Crippen LogP contribution in [0, 0.1) is 0 Å². The van der Waals surface area contributed by atoms with Crippen molar-refractivity contribution in [2.45, 2.75) is 38.5 Å². The maximum absolute atomic E-state index is 12.3. The van der Waals surface area contributed by atoms with Crippen LogP contribution in [0.2, 0.25) is 0 Å². The highest BCUT2D eigenvalue weighted by Gasteiger charge is 2.18. The molecule has 0 radical (unpaired) electrons. The summed E-state index contributed by atoms with van der Waals surface area (Å²) in [4.78, 5) is 26.3. The van der Waals surface area contributed by atoms with Crippen LogP contribution in [0.4, 0.5) is 5.69 Å². The van der Waals surface area contributed by atoms with Gasteiger partial charge in [0.15, 0.2) is 18.1 Å². The number of rotatable bonds is 6. The number of benzene rings is 1. The van der Waals surface area contributed by atoms with Gasteiger partial charge in [0.2, 0.25) is 0 Å². The predicted molar refractivity (Wildman–Crippen MR) is 109 cm³/mol. The highest BCUT2D eigenvalue weighted by Crippen LogP contribution is 2.30. The van der Waals surface area contributed by atoms with Gasteiger partial charge in [0.25, 0.3) is 5.91 Å². The maximum Gasteiger partial charge on any atom is 0.348 e. The fraction of sp³-hybridized carbons (Fsp3) is 0.429. The number of methoxy groups -OCH3 is 2. The second kappa shape index (κ2) is 9.59. The van der Waals surface area contributed by atoms with E-state index in [0.717, 1.165) is 25.7 Å². The summed E-state index contributed by atoms with van der Waals surface area (Å²) in [6, 6.07) is 6.97. The molecule has 0 spiro atoms. The van der Waals surface area contributed by atoms with Crippen LogP contribution in [0.5, 0.6) is 11.5 Å². The third kappa shape index (κ3) is 5.04. The first kappa shape index (κ1) is 20.2. The number of hydrogen-bond donors (Lipinski definition) is 1. The Bertz CT molecular complexity index is 820. The first-order valence-corrected chi connectivity index (χ1v) is 10.2. The Morgan fingerprint density at radius 3 is 2.50 bits per heavy atom. The van der Waals surface area contributed by atoms with Gasteiger partial charge in [0, 0.05) is 16.6 Å². The predicted octanol–water partition coefficient (Wildman–Crippen LogP) is 4.22. The number of carbonyl (C=O) groups excluding carboxylic acids is 2. The van der Waals surface area contributed by atoms with E-state index in [1.54, 1.807) is 25.3 Å². The van der Waals surface area contributed by atoms with Crippen LogP contribution < -0.4 is 14.8 Å². The number of thiophene rings is 1. The number of nitrogens with one attached hydrogen (secondary N) is 1. The summed E-state index contributed by atoms with van der Waals surface area (Å²) < 4.78 is 15.6. The lowest BCUT2D eigenvalue weighted by atomic mass is 10.00. The average molecular weight is 404 g/mol. The van der Waals surface area contributed by atoms with Crippen molar-refractivity contribution in [1.82, 2.24) is 0 Å². The molecule has 1 aromatic carbocycles. The molecule has 0 fully saturated rings. The Morgan fingerprint density at radius 1 is 1.00 bits per heavy atom. The molecule has 0 unspecified atom stereocenters. The van der Waals surface area contributed by atoms with Crippen molar-refractivity contribution in [3.05, 3.63) is 39.6 Å². The van der Waals surface area contributed by atoms with Crippen molar-refractivity contribution in [2.24, 2.45) is 0 Å². The summed E-state index contributed by atoms with van der Waals surface area (Å²) in [5.74, 6) is 0.225. The number of anilines is 1. The minimum atomic E-state index is -0.445. The third-order valence-electron chi connectivity index (χ3n) is 4.70. The monoisotopic (exact) mass is 403 g/mol. The van der Waals surface area contributed by atoms with Gasteiger partial charge in [-0.05, 0) is 49.4 Å². The minimum absolute atomic E-state index is 0.338. The summed E-state index contributed by atoms with van der Waals surface area (Å²) in [7, 11) is 3.07. The van der Waals surface area contributed by atoms with E-state index >= 15 is 0 Å². The lowest BCUT2D eigenvalue weighted by Crippen LogP contribution is -2.20. The van der Waals surface area contributed by atoms with Gasteiger partial charge >= 0.3 is 5.97 Å². The van der Waals surface area contributed by atoms with Crippen molar-refractivity contribution in [1.29, 1.82) is 0 Å². The molecule has 0 saturated heterocycles. The number of ether oxygens (including phenoxy) is 3. The fourth-order valence-corrected chi connectivity index (χ4v) is 4.41. The number of esters is 1. The van der Waals surface area contributed by atoms with E-state index in [1.165, 1.54) is 41.7 Å². The van der Waals surface area contributed by atoms with Crippen molar-refractivity contribution >= 4 is 28.9 Å². The van der Waals surface area contributed by atoms with Gasteiger partial charge in [0.05, 0.1) is 14.2 Å². The standard InChI is InChI=1S/C21H25NO5S/c1-25-16-10-9-15(12-17(16)26-2)22-20(23)13-27-21(24)19-11-14-7-5-3-4-6-8-18(14)28-19/h9-12H,3-8,13H2,1-2H3,(H,22,23). The van der Waals surface area contributed by atoms with Crippen LogP contribution in [0.1, 0.15) is 45.8 Å². The normalized spacial score (nSPS) is 13.6. The molecule has 1 aliphatic carbocycles. The molecule has 1 N–H and O–H groups in total. The zero-order chi connectivity index (χ0) is 19.9. The van der Waals surface area contributed by atoms with E-state index in [9.17, 15) is 9.59 Å². The van der Waals surface area contributed by atoms with E-state index in [1.807, 2.05) is 6.07 Å². The van der Waals surface area contributed by atoms with Gasteiger partial charge in [-0.25, -0.2) is 4.79 Å². The van der Waals surface area contributed by atoms with Crippen LogP contribution in [0.15, 0.2) is 24.3 Å². The molecule has 2 aromatic rings. The fourth-order valence-electron chi connectivity index (χ4n) is 3.26. The molecule has 0 aliphatic heterocycles. The van der Waals surface area contributed by atoms with E-state index < -0.39 is 11.9 Å². The van der Waals surface area contributed by atoms with Crippen LogP contribution >= 0.6 is 11.3 Å². The first-order chi connectivity index (χ1) is 13.6. The molecule has 7 heteroatoms. The summed E-state index contributed by atoms with van der Waals surface area (Å²) >= 11 is 1.49. The highest BCUT2D eigenvalue weighted by molar-refractivity contribution is 7.14. The van der Waals surface area contributed by atoms with E-state index in [4.69, 9.17) is 14.2 Å². The van der Waals surface area contributed by atoms with Gasteiger partial charge in [-0.3, -0.25) is 4.79 Å². The van der Waals surface area contributed by atoms with Crippen LogP contribution in [0.3, 0.4) is 0 Å². The molecule has 3 rings (SSSR count). The van der Waals surface area contributed by atoms with Crippen LogP contribution in [-0.2, 0) is 22.4 Å². The summed E-state index contributed by atoms with van der Waals surface area (Å²) in [6.45, 7) is -0.338. The third-order valence-corrected chi connectivity index (χ3v) is 5.92. The average Bonchev–Trinajstić information content (AvgIpc) is 3.08. The molecular weight excluding hydrogens is 378 g/mol. The van der Waals surface area contributed by atoms with E-state index in [0.29, 0.717) is 22.1 Å². The Balaban J connectivity index is 1.56. The minimum Gasteiger partial charge on any atom is -0.493 e. The Hall–Kier alpha value is -2.54. The topological polar surface area (TPSA) is 73.9 Å². The maximum atomic E-state index is 12.3. The van der Waals surface area contributed by atoms with Crippen LogP contribution in [-0.4, -0.2) is 32.7 Å². The number of amides is 1. The summed E-state index contributed by atoms with van der Waals surface area (Å²) in [5.41, 5.74) is 1.80. The Labute approximate surface area is 168 Å². The second-order valence-electron chi connectivity index (χ2n) is 6.67. The largest absolute Gasteiger partial charge is 0.493 e. The smallest absolute Gasteiger partial charge is 0.348 e. The zero-order valence-electron chi connectivity index (χ0n) is 16.2. The van der Waals surface area contributed by atoms with Gasteiger partial charge in [0.1, 0.15) is 4.88 Å². The molecule has 0 saturated carbocycles. The van der Waals surface area contributed by atoms with E-state index in [-0.39, 0.29) is 6.61 Å².